The van der Waals surface area contributed by atoms with Crippen molar-refractivity contribution in [1.82, 2.24) is 4.90 Å². The van der Waals surface area contributed by atoms with E-state index in [9.17, 15) is 9.59 Å². The zero-order chi connectivity index (χ0) is 9.30. The van der Waals surface area contributed by atoms with Gasteiger partial charge in [-0.25, -0.2) is 4.79 Å². The molecule has 1 heterocycles. The highest BCUT2D eigenvalue weighted by Crippen LogP contribution is 2.15. The molecule has 4 nitrogen and oxygen atoms in total. The van der Waals surface area contributed by atoms with Gasteiger partial charge in [0.1, 0.15) is 5.57 Å². The summed E-state index contributed by atoms with van der Waals surface area (Å²) in [5, 5.41) is 0. The van der Waals surface area contributed by atoms with E-state index in [-0.39, 0.29) is 11.4 Å². The third kappa shape index (κ3) is 1.47. The lowest BCUT2D eigenvalue weighted by molar-refractivity contribution is -0.139. The Morgan fingerprint density at radius 1 is 1.42 bits per heavy atom. The highest BCUT2D eigenvalue weighted by Gasteiger charge is 2.35. The first-order valence-corrected chi connectivity index (χ1v) is 3.66. The van der Waals surface area contributed by atoms with Crippen LogP contribution < -0.4 is 0 Å². The van der Waals surface area contributed by atoms with Crippen LogP contribution in [0.3, 0.4) is 0 Å². The van der Waals surface area contributed by atoms with Gasteiger partial charge in [0.2, 0.25) is 5.78 Å². The van der Waals surface area contributed by atoms with E-state index in [0.717, 1.165) is 0 Å². The molecule has 1 fully saturated rings. The fraction of sp³-hybridized carbons (Fsp3) is 0.500. The molecule has 66 valence electrons. The molecule has 0 radical (unpaired) electrons. The Balaban J connectivity index is 2.91. The average molecular weight is 169 g/mol. The van der Waals surface area contributed by atoms with E-state index >= 15 is 0 Å². The lowest BCUT2D eigenvalue weighted by Crippen LogP contribution is -2.12. The highest BCUT2D eigenvalue weighted by atomic mass is 16.6. The van der Waals surface area contributed by atoms with Crippen molar-refractivity contribution in [2.24, 2.45) is 0 Å². The molecule has 12 heavy (non-hydrogen) atoms. The molecule has 1 saturated heterocycles. The number of ether oxygens (including phenoxy) is 1. The maximum atomic E-state index is 11.2. The van der Waals surface area contributed by atoms with E-state index < -0.39 is 12.1 Å². The van der Waals surface area contributed by atoms with Crippen LogP contribution in [-0.4, -0.2) is 36.9 Å². The van der Waals surface area contributed by atoms with E-state index in [1.807, 2.05) is 0 Å². The van der Waals surface area contributed by atoms with Crippen LogP contribution in [0.5, 0.6) is 0 Å². The lowest BCUT2D eigenvalue weighted by atomic mass is 10.1. The molecule has 0 aliphatic carbocycles. The van der Waals surface area contributed by atoms with E-state index in [2.05, 4.69) is 0 Å². The predicted molar refractivity (Wildman–Crippen MR) is 42.3 cm³/mol. The molecule has 1 rings (SSSR count). The smallest absolute Gasteiger partial charge is 0.344 e. The van der Waals surface area contributed by atoms with Gasteiger partial charge in [-0.2, -0.15) is 0 Å². The predicted octanol–water partition coefficient (Wildman–Crippen LogP) is -0.0537. The maximum absolute atomic E-state index is 11.2. The number of Topliss-reactive ketones (excluding diaryl/α,β-unsaturated/α-hetero) is 1. The molecule has 0 spiro atoms. The Hall–Kier alpha value is -1.32. The van der Waals surface area contributed by atoms with Gasteiger partial charge in [0.25, 0.3) is 0 Å². The number of ketones is 1. The van der Waals surface area contributed by atoms with Crippen LogP contribution in [0.2, 0.25) is 0 Å². The maximum Gasteiger partial charge on any atom is 0.344 e. The minimum Gasteiger partial charge on any atom is -0.451 e. The van der Waals surface area contributed by atoms with E-state index in [1.54, 1.807) is 25.9 Å². The van der Waals surface area contributed by atoms with Crippen LogP contribution in [0.1, 0.15) is 6.92 Å². The van der Waals surface area contributed by atoms with E-state index in [0.29, 0.717) is 0 Å². The summed E-state index contributed by atoms with van der Waals surface area (Å²) in [5.41, 5.74) is 0.132. The van der Waals surface area contributed by atoms with Crippen molar-refractivity contribution in [3.63, 3.8) is 0 Å². The van der Waals surface area contributed by atoms with Crippen molar-refractivity contribution in [3.05, 3.63) is 11.8 Å². The summed E-state index contributed by atoms with van der Waals surface area (Å²) in [7, 11) is 3.49. The van der Waals surface area contributed by atoms with Gasteiger partial charge in [-0.3, -0.25) is 4.79 Å². The lowest BCUT2D eigenvalue weighted by Gasteiger charge is -2.03. The van der Waals surface area contributed by atoms with Crippen molar-refractivity contribution < 1.29 is 14.3 Å². The van der Waals surface area contributed by atoms with Gasteiger partial charge in [0, 0.05) is 20.3 Å². The second-order valence-electron chi connectivity index (χ2n) is 2.92. The van der Waals surface area contributed by atoms with Crippen molar-refractivity contribution in [2.75, 3.05) is 14.1 Å². The van der Waals surface area contributed by atoms with Crippen LogP contribution in [0.15, 0.2) is 11.8 Å². The summed E-state index contributed by atoms with van der Waals surface area (Å²) >= 11 is 0. The summed E-state index contributed by atoms with van der Waals surface area (Å²) in [6.45, 7) is 1.57. The third-order valence-electron chi connectivity index (χ3n) is 1.53. The largest absolute Gasteiger partial charge is 0.451 e. The Morgan fingerprint density at radius 2 is 2.00 bits per heavy atom. The van der Waals surface area contributed by atoms with Gasteiger partial charge in [0.05, 0.1) is 0 Å². The summed E-state index contributed by atoms with van der Waals surface area (Å²) in [6, 6.07) is 0. The number of carbonyl (C=O) groups excluding carboxylic acids is 2. The van der Waals surface area contributed by atoms with E-state index in [1.165, 1.54) is 6.20 Å². The molecule has 0 N–H and O–H groups in total. The summed E-state index contributed by atoms with van der Waals surface area (Å²) in [4.78, 5) is 23.8. The van der Waals surface area contributed by atoms with Gasteiger partial charge in [0.15, 0.2) is 6.10 Å². The second kappa shape index (κ2) is 2.97. The van der Waals surface area contributed by atoms with Crippen LogP contribution in [-0.2, 0) is 14.3 Å². The number of hydrogen-bond acceptors (Lipinski definition) is 4. The Bertz CT molecular complexity index is 255. The number of hydrogen-bond donors (Lipinski definition) is 0. The van der Waals surface area contributed by atoms with Gasteiger partial charge in [-0.1, -0.05) is 0 Å². The zero-order valence-corrected chi connectivity index (χ0v) is 7.33. The number of cyclic esters (lactones) is 1. The standard InChI is InChI=1S/C8H11NO3/c1-5-7(10)6(4-9(2)3)8(11)12-5/h4-5H,1-3H3/b6-4-/t5-/m0/s1. The van der Waals surface area contributed by atoms with Crippen LogP contribution in [0.4, 0.5) is 0 Å². The molecule has 0 amide bonds. The molecular formula is C8H11NO3. The molecule has 1 atom stereocenters. The quantitative estimate of drug-likeness (QED) is 0.313. The third-order valence-corrected chi connectivity index (χ3v) is 1.53. The molecule has 0 aromatic carbocycles. The summed E-state index contributed by atoms with van der Waals surface area (Å²) < 4.78 is 4.70. The summed E-state index contributed by atoms with van der Waals surface area (Å²) in [5.74, 6) is -0.769. The Kier molecular flexibility index (Phi) is 2.17. The minimum absolute atomic E-state index is 0.132. The van der Waals surface area contributed by atoms with Crippen molar-refractivity contribution in [3.8, 4) is 0 Å². The fourth-order valence-electron chi connectivity index (χ4n) is 0.972. The van der Waals surface area contributed by atoms with Gasteiger partial charge < -0.3 is 9.64 Å². The van der Waals surface area contributed by atoms with Crippen molar-refractivity contribution >= 4 is 11.8 Å². The molecular weight excluding hydrogens is 158 g/mol. The second-order valence-corrected chi connectivity index (χ2v) is 2.92. The van der Waals surface area contributed by atoms with Crippen molar-refractivity contribution in [2.45, 2.75) is 13.0 Å². The molecule has 0 aromatic rings. The molecule has 1 aliphatic heterocycles. The van der Waals surface area contributed by atoms with Crippen molar-refractivity contribution in [1.29, 1.82) is 0 Å². The molecule has 0 aromatic heterocycles. The zero-order valence-electron chi connectivity index (χ0n) is 7.33. The molecule has 4 heteroatoms. The van der Waals surface area contributed by atoms with Gasteiger partial charge >= 0.3 is 5.97 Å². The highest BCUT2D eigenvalue weighted by molar-refractivity contribution is 6.23. The average Bonchev–Trinajstić information content (AvgIpc) is 2.16. The summed E-state index contributed by atoms with van der Waals surface area (Å²) in [6.07, 6.45) is 0.859. The molecule has 0 bridgehead atoms. The van der Waals surface area contributed by atoms with E-state index in [4.69, 9.17) is 4.74 Å². The number of rotatable bonds is 1. The first kappa shape index (κ1) is 8.77. The first-order valence-electron chi connectivity index (χ1n) is 3.66. The van der Waals surface area contributed by atoms with Gasteiger partial charge in [-0.05, 0) is 6.92 Å². The first-order chi connectivity index (χ1) is 5.52. The Morgan fingerprint density at radius 3 is 2.33 bits per heavy atom. The number of nitrogens with zero attached hydrogens (tertiary/aromatic N) is 1. The van der Waals surface area contributed by atoms with Crippen LogP contribution in [0.25, 0.3) is 0 Å². The fourth-order valence-corrected chi connectivity index (χ4v) is 0.972. The normalized spacial score (nSPS) is 26.2. The van der Waals surface area contributed by atoms with Gasteiger partial charge in [-0.15, -0.1) is 0 Å². The number of carbonyl (C=O) groups is 2. The van der Waals surface area contributed by atoms with Crippen LogP contribution >= 0.6 is 0 Å². The number of esters is 1. The monoisotopic (exact) mass is 169 g/mol. The molecule has 0 unspecified atom stereocenters. The topological polar surface area (TPSA) is 46.6 Å². The Labute approximate surface area is 70.8 Å². The van der Waals surface area contributed by atoms with Crippen LogP contribution in [0, 0.1) is 0 Å². The molecule has 0 saturated carbocycles. The minimum atomic E-state index is -0.622. The molecule has 1 aliphatic rings. The SMILES string of the molecule is C[C@@H]1OC(=O)/C(=C\N(C)C)C1=O.